The summed E-state index contributed by atoms with van der Waals surface area (Å²) in [6, 6.07) is 7.42. The zero-order chi connectivity index (χ0) is 18.7. The fourth-order valence-electron chi connectivity index (χ4n) is 3.24. The Kier molecular flexibility index (Phi) is 5.46. The molecule has 1 aromatic carbocycles. The first kappa shape index (κ1) is 18.6. The molecular weight excluding hydrogens is 354 g/mol. The summed E-state index contributed by atoms with van der Waals surface area (Å²) in [5, 5.41) is 0. The largest absolute Gasteiger partial charge is 0.452 e. The van der Waals surface area contributed by atoms with Crippen LogP contribution in [0.1, 0.15) is 30.4 Å². The van der Waals surface area contributed by atoms with E-state index < -0.39 is 15.8 Å². The SMILES string of the molecule is Cc1ccccc1/C=C/C(=O)OCC(=O)N(C1CC1)[C@H]1CCS(=O)(=O)C1. The number of sulfone groups is 1. The third-order valence-corrected chi connectivity index (χ3v) is 6.51. The predicted octanol–water partition coefficient (Wildman–Crippen LogP) is 1.73. The van der Waals surface area contributed by atoms with Gasteiger partial charge in [-0.2, -0.15) is 0 Å². The van der Waals surface area contributed by atoms with Crippen LogP contribution in [0.15, 0.2) is 30.3 Å². The second-order valence-electron chi connectivity index (χ2n) is 6.89. The van der Waals surface area contributed by atoms with Gasteiger partial charge < -0.3 is 9.64 Å². The van der Waals surface area contributed by atoms with Gasteiger partial charge in [-0.25, -0.2) is 13.2 Å². The number of hydrogen-bond acceptors (Lipinski definition) is 5. The van der Waals surface area contributed by atoms with Gasteiger partial charge in [-0.15, -0.1) is 0 Å². The van der Waals surface area contributed by atoms with Crippen molar-refractivity contribution in [3.63, 3.8) is 0 Å². The Labute approximate surface area is 153 Å². The molecule has 1 aromatic rings. The van der Waals surface area contributed by atoms with Crippen LogP contribution in [0.25, 0.3) is 6.08 Å². The summed E-state index contributed by atoms with van der Waals surface area (Å²) in [4.78, 5) is 26.0. The highest BCUT2D eigenvalue weighted by molar-refractivity contribution is 7.91. The third kappa shape index (κ3) is 4.72. The lowest BCUT2D eigenvalue weighted by molar-refractivity contribution is -0.149. The van der Waals surface area contributed by atoms with Crippen LogP contribution in [-0.4, -0.2) is 55.4 Å². The molecule has 1 heterocycles. The maximum absolute atomic E-state index is 12.5. The van der Waals surface area contributed by atoms with Crippen molar-refractivity contribution >= 4 is 27.8 Å². The number of amides is 1. The summed E-state index contributed by atoms with van der Waals surface area (Å²) in [6.45, 7) is 1.59. The van der Waals surface area contributed by atoms with E-state index in [1.807, 2.05) is 31.2 Å². The van der Waals surface area contributed by atoms with E-state index in [-0.39, 0.29) is 36.1 Å². The Morgan fingerprint density at radius 2 is 1.92 bits per heavy atom. The van der Waals surface area contributed by atoms with Crippen LogP contribution < -0.4 is 0 Å². The minimum atomic E-state index is -3.07. The molecule has 3 rings (SSSR count). The standard InChI is InChI=1S/C19H23NO5S/c1-14-4-2-3-5-15(14)6-9-19(22)25-12-18(21)20(16-7-8-16)17-10-11-26(23,24)13-17/h2-6,9,16-17H,7-8,10-13H2,1H3/b9-6+/t17-/m0/s1. The van der Waals surface area contributed by atoms with Gasteiger partial charge in [-0.1, -0.05) is 24.3 Å². The van der Waals surface area contributed by atoms with E-state index in [9.17, 15) is 18.0 Å². The average molecular weight is 377 g/mol. The van der Waals surface area contributed by atoms with Gasteiger partial charge >= 0.3 is 5.97 Å². The highest BCUT2D eigenvalue weighted by Crippen LogP contribution is 2.32. The molecule has 1 saturated heterocycles. The Morgan fingerprint density at radius 3 is 2.54 bits per heavy atom. The number of ether oxygens (including phenoxy) is 1. The fraction of sp³-hybridized carbons (Fsp3) is 0.474. The maximum atomic E-state index is 12.5. The van der Waals surface area contributed by atoms with Crippen molar-refractivity contribution in [3.05, 3.63) is 41.5 Å². The van der Waals surface area contributed by atoms with Crippen molar-refractivity contribution in [1.29, 1.82) is 0 Å². The normalized spacial score (nSPS) is 21.7. The van der Waals surface area contributed by atoms with Crippen LogP contribution in [0.3, 0.4) is 0 Å². The van der Waals surface area contributed by atoms with E-state index in [1.54, 1.807) is 11.0 Å². The number of esters is 1. The Balaban J connectivity index is 1.55. The van der Waals surface area contributed by atoms with E-state index in [1.165, 1.54) is 6.08 Å². The summed E-state index contributed by atoms with van der Waals surface area (Å²) in [5.41, 5.74) is 1.95. The number of carbonyl (C=O) groups is 2. The van der Waals surface area contributed by atoms with E-state index in [4.69, 9.17) is 4.74 Å². The van der Waals surface area contributed by atoms with Crippen molar-refractivity contribution in [1.82, 2.24) is 4.90 Å². The molecule has 6 nitrogen and oxygen atoms in total. The summed E-state index contributed by atoms with van der Waals surface area (Å²) < 4.78 is 28.5. The number of hydrogen-bond donors (Lipinski definition) is 0. The molecule has 1 aliphatic heterocycles. The van der Waals surface area contributed by atoms with Crippen LogP contribution >= 0.6 is 0 Å². The topological polar surface area (TPSA) is 80.8 Å². The highest BCUT2D eigenvalue weighted by atomic mass is 32.2. The van der Waals surface area contributed by atoms with Crippen LogP contribution in [-0.2, 0) is 24.2 Å². The molecule has 2 fully saturated rings. The number of carbonyl (C=O) groups excluding carboxylic acids is 2. The first-order valence-corrected chi connectivity index (χ1v) is 10.6. The molecule has 1 saturated carbocycles. The summed E-state index contributed by atoms with van der Waals surface area (Å²) in [7, 11) is -3.07. The van der Waals surface area contributed by atoms with Gasteiger partial charge in [0.15, 0.2) is 16.4 Å². The fourth-order valence-corrected chi connectivity index (χ4v) is 4.95. The van der Waals surface area contributed by atoms with E-state index >= 15 is 0 Å². The molecule has 0 unspecified atom stereocenters. The number of aryl methyl sites for hydroxylation is 1. The van der Waals surface area contributed by atoms with Crippen molar-refractivity contribution in [2.24, 2.45) is 0 Å². The summed E-state index contributed by atoms with van der Waals surface area (Å²) >= 11 is 0. The highest BCUT2D eigenvalue weighted by Gasteiger charge is 2.42. The van der Waals surface area contributed by atoms with Gasteiger partial charge in [0, 0.05) is 18.2 Å². The quantitative estimate of drug-likeness (QED) is 0.557. The zero-order valence-electron chi connectivity index (χ0n) is 14.8. The molecule has 2 aliphatic rings. The molecule has 1 amide bonds. The minimum absolute atomic E-state index is 0.0103. The van der Waals surface area contributed by atoms with Gasteiger partial charge in [0.1, 0.15) is 0 Å². The maximum Gasteiger partial charge on any atom is 0.331 e. The lowest BCUT2D eigenvalue weighted by Crippen LogP contribution is -2.44. The molecule has 1 atom stereocenters. The van der Waals surface area contributed by atoms with E-state index in [0.29, 0.717) is 6.42 Å². The van der Waals surface area contributed by atoms with Crippen molar-refractivity contribution in [2.75, 3.05) is 18.1 Å². The molecule has 140 valence electrons. The third-order valence-electron chi connectivity index (χ3n) is 4.76. The molecule has 0 N–H and O–H groups in total. The molecule has 0 spiro atoms. The van der Waals surface area contributed by atoms with Crippen LogP contribution in [0.5, 0.6) is 0 Å². The Morgan fingerprint density at radius 1 is 1.19 bits per heavy atom. The number of nitrogens with zero attached hydrogens (tertiary/aromatic N) is 1. The number of benzene rings is 1. The van der Waals surface area contributed by atoms with E-state index in [0.717, 1.165) is 24.0 Å². The monoisotopic (exact) mass is 377 g/mol. The summed E-state index contributed by atoms with van der Waals surface area (Å²) in [5.74, 6) is -0.771. The van der Waals surface area contributed by atoms with Crippen molar-refractivity contribution in [2.45, 2.75) is 38.3 Å². The first-order valence-electron chi connectivity index (χ1n) is 8.78. The smallest absolute Gasteiger partial charge is 0.331 e. The molecule has 0 radical (unpaired) electrons. The molecule has 7 heteroatoms. The van der Waals surface area contributed by atoms with Gasteiger partial charge in [0.25, 0.3) is 5.91 Å². The lowest BCUT2D eigenvalue weighted by Gasteiger charge is -2.28. The molecule has 1 aliphatic carbocycles. The molecular formula is C19H23NO5S. The van der Waals surface area contributed by atoms with Crippen molar-refractivity contribution in [3.8, 4) is 0 Å². The van der Waals surface area contributed by atoms with Gasteiger partial charge in [0.2, 0.25) is 0 Å². The van der Waals surface area contributed by atoms with Gasteiger partial charge in [-0.05, 0) is 43.4 Å². The lowest BCUT2D eigenvalue weighted by atomic mass is 10.1. The first-order chi connectivity index (χ1) is 12.4. The minimum Gasteiger partial charge on any atom is -0.452 e. The van der Waals surface area contributed by atoms with Gasteiger partial charge in [-0.3, -0.25) is 4.79 Å². The second-order valence-corrected chi connectivity index (χ2v) is 9.12. The Bertz CT molecular complexity index is 826. The van der Waals surface area contributed by atoms with Crippen LogP contribution in [0.2, 0.25) is 0 Å². The second kappa shape index (κ2) is 7.61. The zero-order valence-corrected chi connectivity index (χ0v) is 15.6. The Hall–Kier alpha value is -2.15. The van der Waals surface area contributed by atoms with Crippen LogP contribution in [0.4, 0.5) is 0 Å². The van der Waals surface area contributed by atoms with Crippen molar-refractivity contribution < 1.29 is 22.7 Å². The molecule has 26 heavy (non-hydrogen) atoms. The molecule has 0 aromatic heterocycles. The predicted molar refractivity (Wildman–Crippen MR) is 98.1 cm³/mol. The summed E-state index contributed by atoms with van der Waals surface area (Å²) in [6.07, 6.45) is 5.18. The van der Waals surface area contributed by atoms with Gasteiger partial charge in [0.05, 0.1) is 11.5 Å². The number of rotatable bonds is 6. The molecule has 0 bridgehead atoms. The van der Waals surface area contributed by atoms with Crippen LogP contribution in [0, 0.1) is 6.92 Å². The average Bonchev–Trinajstić information content (AvgIpc) is 3.35. The van der Waals surface area contributed by atoms with E-state index in [2.05, 4.69) is 0 Å².